The van der Waals surface area contributed by atoms with E-state index in [0.29, 0.717) is 23.5 Å². The van der Waals surface area contributed by atoms with Gasteiger partial charge in [0.2, 0.25) is 11.8 Å². The molecule has 0 aliphatic carbocycles. The molecule has 1 aromatic heterocycles. The molecule has 0 saturated heterocycles. The third-order valence-electron chi connectivity index (χ3n) is 3.48. The summed E-state index contributed by atoms with van der Waals surface area (Å²) >= 11 is 0. The Balaban J connectivity index is 2.07. The summed E-state index contributed by atoms with van der Waals surface area (Å²) in [6.45, 7) is 5.63. The van der Waals surface area contributed by atoms with E-state index < -0.39 is 6.04 Å². The highest BCUT2D eigenvalue weighted by Crippen LogP contribution is 2.28. The first-order valence-electron chi connectivity index (χ1n) is 7.92. The van der Waals surface area contributed by atoms with Crippen LogP contribution in [0.5, 0.6) is 5.75 Å². The Morgan fingerprint density at radius 1 is 1.24 bits per heavy atom. The van der Waals surface area contributed by atoms with Gasteiger partial charge in [-0.05, 0) is 35.4 Å². The first kappa shape index (κ1) is 18.4. The Morgan fingerprint density at radius 3 is 2.60 bits per heavy atom. The van der Waals surface area contributed by atoms with Crippen LogP contribution in [0.4, 0.5) is 11.4 Å². The van der Waals surface area contributed by atoms with E-state index in [1.807, 2.05) is 13.8 Å². The summed E-state index contributed by atoms with van der Waals surface area (Å²) in [5.41, 5.74) is 1.10. The van der Waals surface area contributed by atoms with E-state index in [1.54, 1.807) is 25.1 Å². The Bertz CT molecular complexity index is 729. The molecule has 2 amide bonds. The highest BCUT2D eigenvalue weighted by molar-refractivity contribution is 5.95. The molecule has 2 N–H and O–H groups in total. The Morgan fingerprint density at radius 2 is 2.00 bits per heavy atom. The molecule has 0 radical (unpaired) electrons. The number of carbonyl (C=O) groups excluding carboxylic acids is 2. The predicted octanol–water partition coefficient (Wildman–Crippen LogP) is 1.87. The van der Waals surface area contributed by atoms with E-state index in [9.17, 15) is 9.59 Å². The molecule has 2 aromatic rings. The zero-order valence-electron chi connectivity index (χ0n) is 14.7. The number of tetrazole rings is 1. The minimum Gasteiger partial charge on any atom is -0.494 e. The van der Waals surface area contributed by atoms with E-state index in [2.05, 4.69) is 26.2 Å². The molecule has 0 fully saturated rings. The molecule has 9 heteroatoms. The summed E-state index contributed by atoms with van der Waals surface area (Å²) in [6.07, 6.45) is 1.79. The number of carbonyl (C=O) groups is 2. The lowest BCUT2D eigenvalue weighted by atomic mass is 10.1. The van der Waals surface area contributed by atoms with Crippen molar-refractivity contribution in [2.75, 3.05) is 17.7 Å². The smallest absolute Gasteiger partial charge is 0.249 e. The second-order valence-corrected chi connectivity index (χ2v) is 6.02. The Kier molecular flexibility index (Phi) is 6.04. The number of benzene rings is 1. The highest BCUT2D eigenvalue weighted by Gasteiger charge is 2.17. The molecular formula is C16H22N6O3. The summed E-state index contributed by atoms with van der Waals surface area (Å²) in [7, 11) is 1.50. The fourth-order valence-electron chi connectivity index (χ4n) is 2.16. The van der Waals surface area contributed by atoms with Crippen molar-refractivity contribution < 1.29 is 14.3 Å². The average Bonchev–Trinajstić information content (AvgIpc) is 3.09. The van der Waals surface area contributed by atoms with Gasteiger partial charge in [-0.25, -0.2) is 4.68 Å². The monoisotopic (exact) mass is 346 g/mol. The second kappa shape index (κ2) is 8.22. The molecule has 0 bridgehead atoms. The van der Waals surface area contributed by atoms with E-state index in [0.717, 1.165) is 0 Å². The highest BCUT2D eigenvalue weighted by atomic mass is 16.5. The lowest BCUT2D eigenvalue weighted by molar-refractivity contribution is -0.119. The van der Waals surface area contributed by atoms with Crippen molar-refractivity contribution in [3.63, 3.8) is 0 Å². The van der Waals surface area contributed by atoms with Crippen LogP contribution >= 0.6 is 0 Å². The summed E-state index contributed by atoms with van der Waals surface area (Å²) in [5.74, 6) is 0.366. The Hall–Kier alpha value is -2.97. The third kappa shape index (κ3) is 5.00. The summed E-state index contributed by atoms with van der Waals surface area (Å²) < 4.78 is 6.66. The van der Waals surface area contributed by atoms with Crippen LogP contribution in [0.15, 0.2) is 24.5 Å². The lowest BCUT2D eigenvalue weighted by Gasteiger charge is -2.15. The fourth-order valence-corrected chi connectivity index (χ4v) is 2.16. The van der Waals surface area contributed by atoms with Gasteiger partial charge in [0.05, 0.1) is 12.8 Å². The van der Waals surface area contributed by atoms with Crippen molar-refractivity contribution in [1.29, 1.82) is 0 Å². The maximum atomic E-state index is 12.3. The largest absolute Gasteiger partial charge is 0.494 e. The molecular weight excluding hydrogens is 324 g/mol. The van der Waals surface area contributed by atoms with Gasteiger partial charge < -0.3 is 15.4 Å². The lowest BCUT2D eigenvalue weighted by Crippen LogP contribution is -2.24. The van der Waals surface area contributed by atoms with Crippen molar-refractivity contribution in [3.8, 4) is 5.75 Å². The molecule has 0 aliphatic rings. The van der Waals surface area contributed by atoms with Gasteiger partial charge >= 0.3 is 0 Å². The van der Waals surface area contributed by atoms with Crippen LogP contribution in [0, 0.1) is 5.92 Å². The number of rotatable bonds is 7. The van der Waals surface area contributed by atoms with E-state index in [-0.39, 0.29) is 17.7 Å². The molecule has 0 aliphatic heterocycles. The van der Waals surface area contributed by atoms with Gasteiger partial charge in [-0.1, -0.05) is 13.8 Å². The molecule has 9 nitrogen and oxygen atoms in total. The fraction of sp³-hybridized carbons (Fsp3) is 0.438. The third-order valence-corrected chi connectivity index (χ3v) is 3.48. The number of nitrogens with one attached hydrogen (secondary N) is 2. The van der Waals surface area contributed by atoms with Crippen LogP contribution in [-0.4, -0.2) is 39.1 Å². The molecule has 0 unspecified atom stereocenters. The van der Waals surface area contributed by atoms with Gasteiger partial charge in [0.1, 0.15) is 18.1 Å². The van der Waals surface area contributed by atoms with Crippen LogP contribution in [-0.2, 0) is 9.59 Å². The maximum absolute atomic E-state index is 12.3. The standard InChI is InChI=1S/C16H22N6O3/c1-10(2)7-15(23)19-13-6-5-12(8-14(13)25-4)18-16(24)11(3)22-9-17-20-21-22/h5-6,8-11H,7H2,1-4H3,(H,18,24)(H,19,23)/t11-/m0/s1. The van der Waals surface area contributed by atoms with Crippen LogP contribution in [0.3, 0.4) is 0 Å². The molecule has 2 rings (SSSR count). The zero-order valence-corrected chi connectivity index (χ0v) is 14.7. The number of hydrogen-bond acceptors (Lipinski definition) is 6. The van der Waals surface area contributed by atoms with Crippen LogP contribution in [0.2, 0.25) is 0 Å². The Labute approximate surface area is 145 Å². The molecule has 1 heterocycles. The summed E-state index contributed by atoms with van der Waals surface area (Å²) in [4.78, 5) is 24.2. The van der Waals surface area contributed by atoms with Gasteiger partial charge in [-0.3, -0.25) is 9.59 Å². The topological polar surface area (TPSA) is 111 Å². The quantitative estimate of drug-likeness (QED) is 0.792. The van der Waals surface area contributed by atoms with Crippen LogP contribution in [0.25, 0.3) is 0 Å². The molecule has 1 aromatic carbocycles. The normalized spacial score (nSPS) is 11.9. The van der Waals surface area contributed by atoms with E-state index >= 15 is 0 Å². The number of anilines is 2. The van der Waals surface area contributed by atoms with Crippen molar-refractivity contribution in [3.05, 3.63) is 24.5 Å². The van der Waals surface area contributed by atoms with Gasteiger partial charge in [0.15, 0.2) is 0 Å². The number of methoxy groups -OCH3 is 1. The van der Waals surface area contributed by atoms with Gasteiger partial charge in [0, 0.05) is 18.2 Å². The SMILES string of the molecule is COc1cc(NC(=O)[C@H](C)n2cnnn2)ccc1NC(=O)CC(C)C. The van der Waals surface area contributed by atoms with Crippen molar-refractivity contribution >= 4 is 23.2 Å². The predicted molar refractivity (Wildman–Crippen MR) is 92.2 cm³/mol. The molecule has 1 atom stereocenters. The molecule has 0 saturated carbocycles. The number of ether oxygens (including phenoxy) is 1. The minimum absolute atomic E-state index is 0.0858. The first-order chi connectivity index (χ1) is 11.9. The number of nitrogens with zero attached hydrogens (tertiary/aromatic N) is 4. The van der Waals surface area contributed by atoms with Crippen molar-refractivity contribution in [2.24, 2.45) is 5.92 Å². The van der Waals surface area contributed by atoms with Crippen LogP contribution in [0.1, 0.15) is 33.2 Å². The minimum atomic E-state index is -0.564. The molecule has 0 spiro atoms. The van der Waals surface area contributed by atoms with Gasteiger partial charge in [0.25, 0.3) is 0 Å². The number of aromatic nitrogens is 4. The second-order valence-electron chi connectivity index (χ2n) is 6.02. The number of hydrogen-bond donors (Lipinski definition) is 2. The maximum Gasteiger partial charge on any atom is 0.249 e. The average molecular weight is 346 g/mol. The number of amides is 2. The summed E-state index contributed by atoms with van der Waals surface area (Å²) in [5, 5.41) is 16.3. The zero-order chi connectivity index (χ0) is 18.4. The van der Waals surface area contributed by atoms with Crippen molar-refractivity contribution in [1.82, 2.24) is 20.2 Å². The summed E-state index contributed by atoms with van der Waals surface area (Å²) in [6, 6.07) is 4.47. The first-order valence-corrected chi connectivity index (χ1v) is 7.92. The van der Waals surface area contributed by atoms with E-state index in [1.165, 1.54) is 18.1 Å². The van der Waals surface area contributed by atoms with Crippen molar-refractivity contribution in [2.45, 2.75) is 33.2 Å². The van der Waals surface area contributed by atoms with Crippen LogP contribution < -0.4 is 15.4 Å². The van der Waals surface area contributed by atoms with Gasteiger partial charge in [-0.2, -0.15) is 0 Å². The molecule has 134 valence electrons. The van der Waals surface area contributed by atoms with Gasteiger partial charge in [-0.15, -0.1) is 5.10 Å². The molecule has 25 heavy (non-hydrogen) atoms. The van der Waals surface area contributed by atoms with E-state index in [4.69, 9.17) is 4.74 Å².